The lowest BCUT2D eigenvalue weighted by Crippen LogP contribution is -2.33. The number of nitrogens with two attached hydrogens (primary N) is 1. The number of likely N-dealkylation sites (tertiary alicyclic amines) is 1. The smallest absolute Gasteiger partial charge is 0.271 e. The van der Waals surface area contributed by atoms with Crippen molar-refractivity contribution >= 4 is 11.7 Å². The highest BCUT2D eigenvalue weighted by Crippen LogP contribution is 2.22. The molecule has 0 bridgehead atoms. The van der Waals surface area contributed by atoms with E-state index >= 15 is 0 Å². The van der Waals surface area contributed by atoms with Gasteiger partial charge in [0.15, 0.2) is 0 Å². The number of aromatic nitrogens is 2. The average molecular weight is 238 g/mol. The van der Waals surface area contributed by atoms with Gasteiger partial charge in [0.25, 0.3) is 5.91 Å². The molecule has 1 amide bonds. The Morgan fingerprint density at radius 2 is 2.35 bits per heavy atom. The Morgan fingerprint density at radius 3 is 3.00 bits per heavy atom. The predicted molar refractivity (Wildman–Crippen MR) is 63.4 cm³/mol. The standard InChI is InChI=1S/C11H18N4O2/c1-11(17)3-2-5-15(6-4-11)10(16)8-7-9(12)14-13-8/h7,17H,2-6H2,1H3,(H3,12,13,14). The van der Waals surface area contributed by atoms with Gasteiger partial charge in [-0.15, -0.1) is 0 Å². The largest absolute Gasteiger partial charge is 0.390 e. The maximum atomic E-state index is 12.1. The van der Waals surface area contributed by atoms with Gasteiger partial charge < -0.3 is 15.7 Å². The molecular formula is C11H18N4O2. The first-order valence-electron chi connectivity index (χ1n) is 5.80. The van der Waals surface area contributed by atoms with Gasteiger partial charge in [-0.2, -0.15) is 5.10 Å². The van der Waals surface area contributed by atoms with E-state index in [1.807, 2.05) is 6.92 Å². The Hall–Kier alpha value is -1.56. The van der Waals surface area contributed by atoms with E-state index in [0.29, 0.717) is 31.0 Å². The molecule has 1 fully saturated rings. The Kier molecular flexibility index (Phi) is 3.06. The van der Waals surface area contributed by atoms with Crippen LogP contribution in [0.25, 0.3) is 0 Å². The monoisotopic (exact) mass is 238 g/mol. The molecule has 0 radical (unpaired) electrons. The lowest BCUT2D eigenvalue weighted by molar-refractivity contribution is 0.0437. The van der Waals surface area contributed by atoms with E-state index in [-0.39, 0.29) is 5.91 Å². The maximum Gasteiger partial charge on any atom is 0.271 e. The Labute approximate surface area is 99.8 Å². The number of aromatic amines is 1. The van der Waals surface area contributed by atoms with Crippen LogP contribution in [0.15, 0.2) is 6.07 Å². The van der Waals surface area contributed by atoms with Crippen molar-refractivity contribution in [3.05, 3.63) is 11.8 Å². The van der Waals surface area contributed by atoms with Crippen LogP contribution in [-0.2, 0) is 0 Å². The minimum atomic E-state index is -0.665. The van der Waals surface area contributed by atoms with E-state index in [1.165, 1.54) is 6.07 Å². The highest BCUT2D eigenvalue weighted by Gasteiger charge is 2.27. The van der Waals surface area contributed by atoms with Gasteiger partial charge >= 0.3 is 0 Å². The molecule has 6 nitrogen and oxygen atoms in total. The number of H-pyrrole nitrogens is 1. The highest BCUT2D eigenvalue weighted by molar-refractivity contribution is 5.93. The molecule has 1 saturated heterocycles. The minimum absolute atomic E-state index is 0.105. The second-order valence-electron chi connectivity index (χ2n) is 4.85. The molecule has 0 aromatic carbocycles. The van der Waals surface area contributed by atoms with E-state index < -0.39 is 5.60 Å². The number of aliphatic hydroxyl groups is 1. The fraction of sp³-hybridized carbons (Fsp3) is 0.636. The van der Waals surface area contributed by atoms with Crippen LogP contribution < -0.4 is 5.73 Å². The van der Waals surface area contributed by atoms with Gasteiger partial charge in [-0.25, -0.2) is 0 Å². The summed E-state index contributed by atoms with van der Waals surface area (Å²) in [5.41, 5.74) is 5.21. The van der Waals surface area contributed by atoms with Crippen LogP contribution in [0.4, 0.5) is 5.82 Å². The van der Waals surface area contributed by atoms with Gasteiger partial charge in [-0.3, -0.25) is 9.89 Å². The summed E-state index contributed by atoms with van der Waals surface area (Å²) in [7, 11) is 0. The number of hydrogen-bond donors (Lipinski definition) is 3. The summed E-state index contributed by atoms with van der Waals surface area (Å²) < 4.78 is 0. The molecular weight excluding hydrogens is 220 g/mol. The van der Waals surface area contributed by atoms with Crippen LogP contribution in [0.2, 0.25) is 0 Å². The molecule has 1 aliphatic rings. The number of anilines is 1. The molecule has 1 unspecified atom stereocenters. The Balaban J connectivity index is 2.05. The number of carbonyl (C=O) groups excluding carboxylic acids is 1. The van der Waals surface area contributed by atoms with Crippen LogP contribution in [-0.4, -0.2) is 44.8 Å². The van der Waals surface area contributed by atoms with Crippen LogP contribution in [0.1, 0.15) is 36.7 Å². The van der Waals surface area contributed by atoms with Gasteiger partial charge in [-0.05, 0) is 26.2 Å². The molecule has 0 spiro atoms. The van der Waals surface area contributed by atoms with Crippen molar-refractivity contribution in [3.63, 3.8) is 0 Å². The summed E-state index contributed by atoms with van der Waals surface area (Å²) >= 11 is 0. The van der Waals surface area contributed by atoms with Crippen molar-refractivity contribution in [2.24, 2.45) is 0 Å². The zero-order valence-corrected chi connectivity index (χ0v) is 9.94. The average Bonchev–Trinajstić information content (AvgIpc) is 2.60. The van der Waals surface area contributed by atoms with Crippen molar-refractivity contribution in [2.45, 2.75) is 31.8 Å². The van der Waals surface area contributed by atoms with E-state index in [2.05, 4.69) is 10.2 Å². The fourth-order valence-electron chi connectivity index (χ4n) is 2.08. The van der Waals surface area contributed by atoms with Crippen molar-refractivity contribution in [1.82, 2.24) is 15.1 Å². The second-order valence-corrected chi connectivity index (χ2v) is 4.85. The van der Waals surface area contributed by atoms with E-state index in [4.69, 9.17) is 5.73 Å². The summed E-state index contributed by atoms with van der Waals surface area (Å²) in [6, 6.07) is 1.53. The molecule has 2 heterocycles. The molecule has 94 valence electrons. The third-order valence-corrected chi connectivity index (χ3v) is 3.18. The van der Waals surface area contributed by atoms with Crippen LogP contribution >= 0.6 is 0 Å². The summed E-state index contributed by atoms with van der Waals surface area (Å²) in [4.78, 5) is 13.8. The number of carbonyl (C=O) groups is 1. The van der Waals surface area contributed by atoms with E-state index in [9.17, 15) is 9.90 Å². The Morgan fingerprint density at radius 1 is 1.59 bits per heavy atom. The van der Waals surface area contributed by atoms with Crippen LogP contribution in [0.5, 0.6) is 0 Å². The van der Waals surface area contributed by atoms with Gasteiger partial charge in [0.2, 0.25) is 0 Å². The molecule has 17 heavy (non-hydrogen) atoms. The number of nitrogens with one attached hydrogen (secondary N) is 1. The summed E-state index contributed by atoms with van der Waals surface area (Å²) in [6.45, 7) is 3.04. The summed E-state index contributed by atoms with van der Waals surface area (Å²) in [6.07, 6.45) is 2.13. The molecule has 2 rings (SSSR count). The zero-order chi connectivity index (χ0) is 12.5. The van der Waals surface area contributed by atoms with Crippen molar-refractivity contribution in [1.29, 1.82) is 0 Å². The van der Waals surface area contributed by atoms with Crippen molar-refractivity contribution < 1.29 is 9.90 Å². The predicted octanol–water partition coefficient (Wildman–Crippen LogP) is 0.369. The van der Waals surface area contributed by atoms with Crippen LogP contribution in [0.3, 0.4) is 0 Å². The van der Waals surface area contributed by atoms with E-state index in [1.54, 1.807) is 4.90 Å². The van der Waals surface area contributed by atoms with E-state index in [0.717, 1.165) is 12.8 Å². The number of amides is 1. The van der Waals surface area contributed by atoms with Crippen LogP contribution in [0, 0.1) is 0 Å². The third kappa shape index (κ3) is 2.76. The number of nitrogens with zero attached hydrogens (tertiary/aromatic N) is 2. The first-order chi connectivity index (χ1) is 7.98. The second kappa shape index (κ2) is 4.37. The number of rotatable bonds is 1. The summed E-state index contributed by atoms with van der Waals surface area (Å²) in [5, 5.41) is 16.3. The maximum absolute atomic E-state index is 12.1. The molecule has 4 N–H and O–H groups in total. The lowest BCUT2D eigenvalue weighted by Gasteiger charge is -2.22. The molecule has 0 aliphatic carbocycles. The molecule has 1 atom stereocenters. The lowest BCUT2D eigenvalue weighted by atomic mass is 9.98. The highest BCUT2D eigenvalue weighted by atomic mass is 16.3. The minimum Gasteiger partial charge on any atom is -0.390 e. The third-order valence-electron chi connectivity index (χ3n) is 3.18. The van der Waals surface area contributed by atoms with Gasteiger partial charge in [0, 0.05) is 19.2 Å². The molecule has 6 heteroatoms. The van der Waals surface area contributed by atoms with Gasteiger partial charge in [0.05, 0.1) is 5.60 Å². The summed E-state index contributed by atoms with van der Waals surface area (Å²) in [5.74, 6) is 0.210. The Bertz CT molecular complexity index is 413. The first kappa shape index (κ1) is 11.9. The fourth-order valence-corrected chi connectivity index (χ4v) is 2.08. The molecule has 1 aromatic heterocycles. The normalized spacial score (nSPS) is 25.6. The zero-order valence-electron chi connectivity index (χ0n) is 9.94. The molecule has 1 aliphatic heterocycles. The van der Waals surface area contributed by atoms with Gasteiger partial charge in [0.1, 0.15) is 11.5 Å². The molecule has 0 saturated carbocycles. The quantitative estimate of drug-likeness (QED) is 0.658. The van der Waals surface area contributed by atoms with Crippen molar-refractivity contribution in [3.8, 4) is 0 Å². The number of hydrogen-bond acceptors (Lipinski definition) is 4. The molecule has 1 aromatic rings. The SMILES string of the molecule is CC1(O)CCCN(C(=O)c2cc(N)n[nH]2)CC1. The van der Waals surface area contributed by atoms with Gasteiger partial charge in [-0.1, -0.05) is 0 Å². The number of nitrogen functional groups attached to an aromatic ring is 1. The first-order valence-corrected chi connectivity index (χ1v) is 5.80. The topological polar surface area (TPSA) is 95.2 Å². The van der Waals surface area contributed by atoms with Crippen molar-refractivity contribution in [2.75, 3.05) is 18.8 Å².